The van der Waals surface area contributed by atoms with Crippen molar-refractivity contribution in [2.24, 2.45) is 4.99 Å². The predicted molar refractivity (Wildman–Crippen MR) is 76.1 cm³/mol. The Morgan fingerprint density at radius 2 is 2.00 bits per heavy atom. The Morgan fingerprint density at radius 3 is 2.74 bits per heavy atom. The Bertz CT molecular complexity index is 740. The number of aliphatic imine (C=N–C) groups is 1. The number of benzene rings is 2. The number of anilines is 1. The summed E-state index contributed by atoms with van der Waals surface area (Å²) in [7, 11) is 0. The summed E-state index contributed by atoms with van der Waals surface area (Å²) in [6.07, 6.45) is 1.54. The van der Waals surface area contributed by atoms with Crippen molar-refractivity contribution < 1.29 is 9.90 Å². The average molecular weight is 252 g/mol. The van der Waals surface area contributed by atoms with E-state index in [2.05, 4.69) is 10.3 Å². The van der Waals surface area contributed by atoms with Gasteiger partial charge in [-0.1, -0.05) is 24.3 Å². The van der Waals surface area contributed by atoms with Crippen molar-refractivity contribution in [3.8, 4) is 0 Å². The molecule has 2 aromatic rings. The summed E-state index contributed by atoms with van der Waals surface area (Å²) in [4.78, 5) is 15.3. The van der Waals surface area contributed by atoms with Crippen molar-refractivity contribution >= 4 is 34.0 Å². The Hall–Kier alpha value is -2.62. The molecule has 1 heterocycles. The summed E-state index contributed by atoms with van der Waals surface area (Å²) >= 11 is 0. The molecule has 0 saturated heterocycles. The number of amidine groups is 1. The van der Waals surface area contributed by atoms with Gasteiger partial charge < -0.3 is 10.4 Å². The Labute approximate surface area is 110 Å². The van der Waals surface area contributed by atoms with Crippen LogP contribution in [0.1, 0.15) is 6.92 Å². The maximum Gasteiger partial charge on any atom is 0.331 e. The molecule has 19 heavy (non-hydrogen) atoms. The molecular weight excluding hydrogens is 240 g/mol. The lowest BCUT2D eigenvalue weighted by atomic mass is 10.1. The highest BCUT2D eigenvalue weighted by Crippen LogP contribution is 2.35. The van der Waals surface area contributed by atoms with Gasteiger partial charge in [-0.05, 0) is 30.5 Å². The van der Waals surface area contributed by atoms with E-state index in [0.717, 1.165) is 22.1 Å². The summed E-state index contributed by atoms with van der Waals surface area (Å²) in [5.41, 5.74) is 2.06. The molecule has 0 fully saturated rings. The van der Waals surface area contributed by atoms with Gasteiger partial charge in [-0.2, -0.15) is 0 Å². The topological polar surface area (TPSA) is 61.7 Å². The van der Waals surface area contributed by atoms with E-state index >= 15 is 0 Å². The zero-order valence-corrected chi connectivity index (χ0v) is 10.3. The smallest absolute Gasteiger partial charge is 0.331 e. The minimum Gasteiger partial charge on any atom is -0.478 e. The van der Waals surface area contributed by atoms with Crippen LogP contribution < -0.4 is 5.32 Å². The summed E-state index contributed by atoms with van der Waals surface area (Å²) in [6.45, 7) is 1.55. The van der Waals surface area contributed by atoms with Crippen molar-refractivity contribution in [3.05, 3.63) is 48.0 Å². The van der Waals surface area contributed by atoms with Gasteiger partial charge in [0.25, 0.3) is 0 Å². The van der Waals surface area contributed by atoms with Crippen molar-refractivity contribution in [1.82, 2.24) is 0 Å². The average Bonchev–Trinajstić information content (AvgIpc) is 2.39. The van der Waals surface area contributed by atoms with Crippen LogP contribution in [0.2, 0.25) is 0 Å². The minimum atomic E-state index is -0.943. The van der Waals surface area contributed by atoms with E-state index in [1.807, 2.05) is 36.4 Å². The SMILES string of the molecule is C/C(=C/C1=Nc2cccc3cccc(c23)N1)C(=O)O. The minimum absolute atomic E-state index is 0.248. The van der Waals surface area contributed by atoms with Crippen LogP contribution in [0.3, 0.4) is 0 Å². The van der Waals surface area contributed by atoms with E-state index in [9.17, 15) is 4.79 Å². The fourth-order valence-corrected chi connectivity index (χ4v) is 2.15. The number of nitrogens with one attached hydrogen (secondary N) is 1. The maximum absolute atomic E-state index is 10.9. The second kappa shape index (κ2) is 4.24. The van der Waals surface area contributed by atoms with Gasteiger partial charge in [0.15, 0.2) is 0 Å². The molecule has 4 nitrogen and oxygen atoms in total. The van der Waals surface area contributed by atoms with Crippen LogP contribution in [-0.2, 0) is 4.79 Å². The normalized spacial score (nSPS) is 13.9. The van der Waals surface area contributed by atoms with Gasteiger partial charge in [0.05, 0.1) is 5.69 Å². The first-order chi connectivity index (χ1) is 9.15. The van der Waals surface area contributed by atoms with Crippen LogP contribution in [0.5, 0.6) is 0 Å². The molecule has 0 atom stereocenters. The zero-order chi connectivity index (χ0) is 13.4. The van der Waals surface area contributed by atoms with Gasteiger partial charge in [0, 0.05) is 16.6 Å². The number of aliphatic carboxylic acids is 1. The third-order valence-corrected chi connectivity index (χ3v) is 3.08. The second-order valence-corrected chi connectivity index (χ2v) is 4.44. The lowest BCUT2D eigenvalue weighted by molar-refractivity contribution is -0.132. The van der Waals surface area contributed by atoms with E-state index < -0.39 is 5.97 Å². The van der Waals surface area contributed by atoms with Crippen LogP contribution in [0.25, 0.3) is 10.8 Å². The van der Waals surface area contributed by atoms with Crippen LogP contribution >= 0.6 is 0 Å². The molecule has 1 aliphatic heterocycles. The first-order valence-electron chi connectivity index (χ1n) is 5.94. The largest absolute Gasteiger partial charge is 0.478 e. The van der Waals surface area contributed by atoms with Crippen molar-refractivity contribution in [1.29, 1.82) is 0 Å². The number of hydrogen-bond acceptors (Lipinski definition) is 3. The lowest BCUT2D eigenvalue weighted by Crippen LogP contribution is -2.14. The molecule has 0 bridgehead atoms. The quantitative estimate of drug-likeness (QED) is 0.806. The zero-order valence-electron chi connectivity index (χ0n) is 10.3. The second-order valence-electron chi connectivity index (χ2n) is 4.44. The summed E-state index contributed by atoms with van der Waals surface area (Å²) < 4.78 is 0. The van der Waals surface area contributed by atoms with Crippen molar-refractivity contribution in [3.63, 3.8) is 0 Å². The van der Waals surface area contributed by atoms with Gasteiger partial charge in [0.2, 0.25) is 0 Å². The number of carboxylic acids is 1. The molecule has 2 aromatic carbocycles. The lowest BCUT2D eigenvalue weighted by Gasteiger charge is -2.17. The summed E-state index contributed by atoms with van der Waals surface area (Å²) in [5.74, 6) is -0.396. The van der Waals surface area contributed by atoms with Crippen LogP contribution in [0, 0.1) is 0 Å². The standard InChI is InChI=1S/C15H12N2O2/c1-9(15(18)19)8-13-16-11-6-2-4-10-5-3-7-12(17-13)14(10)11/h2-8H,1H3,(H,16,17)(H,18,19)/b9-8-. The molecule has 1 aliphatic rings. The van der Waals surface area contributed by atoms with Gasteiger partial charge in [0.1, 0.15) is 5.84 Å². The van der Waals surface area contributed by atoms with Crippen LogP contribution in [-0.4, -0.2) is 16.9 Å². The maximum atomic E-state index is 10.9. The molecule has 0 aromatic heterocycles. The Morgan fingerprint density at radius 1 is 1.26 bits per heavy atom. The van der Waals surface area contributed by atoms with E-state index in [-0.39, 0.29) is 5.57 Å². The first kappa shape index (κ1) is 11.5. The van der Waals surface area contributed by atoms with Gasteiger partial charge in [-0.3, -0.25) is 0 Å². The van der Waals surface area contributed by atoms with Crippen LogP contribution in [0.15, 0.2) is 53.0 Å². The molecule has 2 N–H and O–H groups in total. The fourth-order valence-electron chi connectivity index (χ4n) is 2.15. The molecule has 0 aliphatic carbocycles. The third-order valence-electron chi connectivity index (χ3n) is 3.08. The Balaban J connectivity index is 2.15. The molecule has 0 amide bonds. The van der Waals surface area contributed by atoms with E-state index in [1.54, 1.807) is 6.92 Å². The number of hydrogen-bond donors (Lipinski definition) is 2. The number of carbonyl (C=O) groups is 1. The summed E-state index contributed by atoms with van der Waals surface area (Å²) in [5, 5.41) is 14.2. The number of carboxylic acid groups (broad SMARTS) is 1. The van der Waals surface area contributed by atoms with Gasteiger partial charge in [-0.15, -0.1) is 0 Å². The molecule has 0 unspecified atom stereocenters. The van der Waals surface area contributed by atoms with Crippen molar-refractivity contribution in [2.75, 3.05) is 5.32 Å². The molecular formula is C15H12N2O2. The molecule has 3 rings (SSSR count). The third kappa shape index (κ3) is 1.97. The van der Waals surface area contributed by atoms with E-state index in [4.69, 9.17) is 5.11 Å². The van der Waals surface area contributed by atoms with Gasteiger partial charge in [-0.25, -0.2) is 9.79 Å². The Kier molecular flexibility index (Phi) is 2.56. The van der Waals surface area contributed by atoms with Crippen LogP contribution in [0.4, 0.5) is 11.4 Å². The molecule has 4 heteroatoms. The highest BCUT2D eigenvalue weighted by molar-refractivity contribution is 6.18. The fraction of sp³-hybridized carbons (Fsp3) is 0.0667. The highest BCUT2D eigenvalue weighted by atomic mass is 16.4. The number of rotatable bonds is 2. The van der Waals surface area contributed by atoms with Crippen molar-refractivity contribution in [2.45, 2.75) is 6.92 Å². The predicted octanol–water partition coefficient (Wildman–Crippen LogP) is 3.33. The van der Waals surface area contributed by atoms with E-state index in [0.29, 0.717) is 5.84 Å². The first-order valence-corrected chi connectivity index (χ1v) is 5.94. The summed E-state index contributed by atoms with van der Waals surface area (Å²) in [6, 6.07) is 11.9. The molecule has 0 spiro atoms. The highest BCUT2D eigenvalue weighted by Gasteiger charge is 2.13. The molecule has 0 saturated carbocycles. The van der Waals surface area contributed by atoms with Gasteiger partial charge >= 0.3 is 5.97 Å². The number of nitrogens with zero attached hydrogens (tertiary/aromatic N) is 1. The monoisotopic (exact) mass is 252 g/mol. The molecule has 94 valence electrons. The molecule has 0 radical (unpaired) electrons. The van der Waals surface area contributed by atoms with E-state index in [1.165, 1.54) is 6.08 Å².